The van der Waals surface area contributed by atoms with Crippen molar-refractivity contribution < 1.29 is 4.74 Å². The molecule has 0 amide bonds. The first kappa shape index (κ1) is 27.7. The van der Waals surface area contributed by atoms with E-state index in [2.05, 4.69) is 39.3 Å². The Kier molecular flexibility index (Phi) is 7.43. The number of anilines is 3. The Hall–Kier alpha value is -4.11. The number of halogens is 2. The summed E-state index contributed by atoms with van der Waals surface area (Å²) in [6.45, 7) is 4.46. The molecule has 0 saturated carbocycles. The molecule has 0 spiro atoms. The van der Waals surface area contributed by atoms with Gasteiger partial charge < -0.3 is 19.9 Å². The van der Waals surface area contributed by atoms with Crippen molar-refractivity contribution in [1.82, 2.24) is 19.4 Å². The zero-order valence-electron chi connectivity index (χ0n) is 23.6. The minimum atomic E-state index is -0.276. The van der Waals surface area contributed by atoms with E-state index in [0.717, 1.165) is 48.6 Å². The minimum absolute atomic E-state index is 0.203. The zero-order chi connectivity index (χ0) is 29.5. The summed E-state index contributed by atoms with van der Waals surface area (Å²) in [5.41, 5.74) is 4.48. The number of nitrogens with zero attached hydrogens (tertiary/aromatic N) is 5. The van der Waals surface area contributed by atoms with Gasteiger partial charge in [-0.1, -0.05) is 47.5 Å². The Labute approximate surface area is 259 Å². The number of likely N-dealkylation sites (N-methyl/N-ethyl adjacent to an activating group) is 1. The van der Waals surface area contributed by atoms with Gasteiger partial charge in [0, 0.05) is 71.7 Å². The first-order valence-electron chi connectivity index (χ1n) is 14.3. The third kappa shape index (κ3) is 5.54. The lowest BCUT2D eigenvalue weighted by Crippen LogP contribution is -2.44. The molecule has 1 N–H and O–H groups in total. The number of ether oxygens (including phenoxy) is 1. The quantitative estimate of drug-likeness (QED) is 0.245. The van der Waals surface area contributed by atoms with Crippen molar-refractivity contribution in [3.63, 3.8) is 0 Å². The second-order valence-corrected chi connectivity index (χ2v) is 11.9. The molecule has 1 saturated heterocycles. The standard InChI is InChI=1S/C33H30Cl2N6O2/c1-39-12-14-40(15-13-39)25-9-7-24(8-10-25)37-33-36-19-22-17-28(27-11-6-23(34)18-29(27)35)32(42)41(31(22)38-33)26-16-21-4-2-3-5-30(21)43-20-26/h2-11,17-19,26H,12-16,20H2,1H3,(H,36,37,38). The van der Waals surface area contributed by atoms with Crippen LogP contribution in [-0.4, -0.2) is 59.3 Å². The van der Waals surface area contributed by atoms with Crippen LogP contribution in [0.1, 0.15) is 11.6 Å². The van der Waals surface area contributed by atoms with Crippen LogP contribution < -0.4 is 20.5 Å². The zero-order valence-corrected chi connectivity index (χ0v) is 25.1. The molecule has 5 aromatic rings. The van der Waals surface area contributed by atoms with Gasteiger partial charge in [0.15, 0.2) is 0 Å². The van der Waals surface area contributed by atoms with Gasteiger partial charge in [-0.2, -0.15) is 4.98 Å². The van der Waals surface area contributed by atoms with Gasteiger partial charge in [0.2, 0.25) is 5.95 Å². The monoisotopic (exact) mass is 612 g/mol. The van der Waals surface area contributed by atoms with Crippen LogP contribution in [-0.2, 0) is 6.42 Å². The van der Waals surface area contributed by atoms with Crippen molar-refractivity contribution in [2.45, 2.75) is 12.5 Å². The molecule has 2 aliphatic heterocycles. The maximum atomic E-state index is 14.2. The topological polar surface area (TPSA) is 75.5 Å². The Morgan fingerprint density at radius 1 is 0.930 bits per heavy atom. The predicted molar refractivity (Wildman–Crippen MR) is 173 cm³/mol. The Morgan fingerprint density at radius 3 is 2.51 bits per heavy atom. The van der Waals surface area contributed by atoms with Gasteiger partial charge in [-0.05, 0) is 61.1 Å². The number of fused-ring (bicyclic) bond motifs is 2. The molecule has 0 bridgehead atoms. The number of hydrogen-bond acceptors (Lipinski definition) is 7. The van der Waals surface area contributed by atoms with Gasteiger partial charge in [-0.15, -0.1) is 0 Å². The maximum absolute atomic E-state index is 14.2. The van der Waals surface area contributed by atoms with Crippen LogP contribution in [0.2, 0.25) is 10.0 Å². The highest BCUT2D eigenvalue weighted by molar-refractivity contribution is 6.36. The van der Waals surface area contributed by atoms with E-state index in [0.29, 0.717) is 45.8 Å². The predicted octanol–water partition coefficient (Wildman–Crippen LogP) is 6.44. The maximum Gasteiger partial charge on any atom is 0.260 e. The molecule has 1 unspecified atom stereocenters. The van der Waals surface area contributed by atoms with E-state index in [1.165, 1.54) is 5.69 Å². The van der Waals surface area contributed by atoms with E-state index in [-0.39, 0.29) is 11.6 Å². The molecule has 0 aliphatic carbocycles. The number of benzene rings is 3. The highest BCUT2D eigenvalue weighted by Gasteiger charge is 2.26. The number of para-hydroxylation sites is 1. The van der Waals surface area contributed by atoms with Gasteiger partial charge in [0.05, 0.1) is 11.1 Å². The fourth-order valence-corrected chi connectivity index (χ4v) is 6.36. The average Bonchev–Trinajstić information content (AvgIpc) is 3.02. The first-order valence-corrected chi connectivity index (χ1v) is 15.1. The number of rotatable bonds is 5. The van der Waals surface area contributed by atoms with E-state index in [1.54, 1.807) is 35.0 Å². The fraction of sp³-hybridized carbons (Fsp3) is 0.242. The second-order valence-electron chi connectivity index (χ2n) is 11.1. The summed E-state index contributed by atoms with van der Waals surface area (Å²) in [5.74, 6) is 1.24. The van der Waals surface area contributed by atoms with Gasteiger partial charge in [0.1, 0.15) is 18.0 Å². The molecule has 8 nitrogen and oxygen atoms in total. The largest absolute Gasteiger partial charge is 0.491 e. The summed E-state index contributed by atoms with van der Waals surface area (Å²) in [5, 5.41) is 4.95. The molecule has 0 radical (unpaired) electrons. The third-order valence-corrected chi connectivity index (χ3v) is 8.76. The van der Waals surface area contributed by atoms with Gasteiger partial charge >= 0.3 is 0 Å². The molecular weight excluding hydrogens is 583 g/mol. The molecule has 43 heavy (non-hydrogen) atoms. The number of nitrogens with one attached hydrogen (secondary N) is 1. The summed E-state index contributed by atoms with van der Waals surface area (Å²) in [6.07, 6.45) is 2.37. The van der Waals surface area contributed by atoms with E-state index in [9.17, 15) is 4.79 Å². The van der Waals surface area contributed by atoms with Crippen LogP contribution in [0, 0.1) is 0 Å². The van der Waals surface area contributed by atoms with Crippen LogP contribution in [0.5, 0.6) is 5.75 Å². The number of piperazine rings is 1. The van der Waals surface area contributed by atoms with E-state index >= 15 is 0 Å². The van der Waals surface area contributed by atoms with Crippen LogP contribution in [0.3, 0.4) is 0 Å². The van der Waals surface area contributed by atoms with Crippen molar-refractivity contribution in [2.24, 2.45) is 0 Å². The first-order chi connectivity index (χ1) is 20.9. The molecule has 3 aromatic carbocycles. The summed E-state index contributed by atoms with van der Waals surface area (Å²) in [7, 11) is 2.15. The Bertz CT molecular complexity index is 1870. The third-order valence-electron chi connectivity index (χ3n) is 8.21. The van der Waals surface area contributed by atoms with Crippen molar-refractivity contribution in [1.29, 1.82) is 0 Å². The van der Waals surface area contributed by atoms with E-state index in [1.807, 2.05) is 36.4 Å². The normalized spacial score (nSPS) is 17.0. The number of pyridine rings is 1. The number of aromatic nitrogens is 3. The van der Waals surface area contributed by atoms with Gasteiger partial charge in [-0.3, -0.25) is 9.36 Å². The highest BCUT2D eigenvalue weighted by atomic mass is 35.5. The van der Waals surface area contributed by atoms with E-state index in [4.69, 9.17) is 32.9 Å². The summed E-state index contributed by atoms with van der Waals surface area (Å²) in [4.78, 5) is 28.4. The van der Waals surface area contributed by atoms with Crippen LogP contribution in [0.4, 0.5) is 17.3 Å². The lowest BCUT2D eigenvalue weighted by atomic mass is 10.0. The molecule has 2 aromatic heterocycles. The van der Waals surface area contributed by atoms with Crippen LogP contribution in [0.25, 0.3) is 22.2 Å². The van der Waals surface area contributed by atoms with Crippen molar-refractivity contribution >= 4 is 51.6 Å². The fourth-order valence-electron chi connectivity index (χ4n) is 5.85. The molecule has 1 fully saturated rings. The summed E-state index contributed by atoms with van der Waals surface area (Å²) in [6, 6.07) is 22.9. The van der Waals surface area contributed by atoms with Crippen LogP contribution >= 0.6 is 23.2 Å². The molecule has 4 heterocycles. The smallest absolute Gasteiger partial charge is 0.260 e. The van der Waals surface area contributed by atoms with E-state index < -0.39 is 0 Å². The SMILES string of the molecule is CN1CCN(c2ccc(Nc3ncc4cc(-c5ccc(Cl)cc5Cl)c(=O)n(C5COc6ccccc6C5)c4n3)cc2)CC1. The van der Waals surface area contributed by atoms with Crippen molar-refractivity contribution in [3.8, 4) is 16.9 Å². The molecular formula is C33H30Cl2N6O2. The van der Waals surface area contributed by atoms with Crippen LogP contribution in [0.15, 0.2) is 83.8 Å². The average molecular weight is 614 g/mol. The molecule has 2 aliphatic rings. The lowest BCUT2D eigenvalue weighted by molar-refractivity contribution is 0.224. The van der Waals surface area contributed by atoms with Crippen molar-refractivity contribution in [2.75, 3.05) is 50.1 Å². The molecule has 1 atom stereocenters. The van der Waals surface area contributed by atoms with Gasteiger partial charge in [0.25, 0.3) is 5.56 Å². The Morgan fingerprint density at radius 2 is 1.72 bits per heavy atom. The number of hydrogen-bond donors (Lipinski definition) is 1. The molecule has 218 valence electrons. The van der Waals surface area contributed by atoms with Gasteiger partial charge in [-0.25, -0.2) is 4.98 Å². The minimum Gasteiger partial charge on any atom is -0.491 e. The lowest BCUT2D eigenvalue weighted by Gasteiger charge is -2.34. The Balaban J connectivity index is 1.27. The highest BCUT2D eigenvalue weighted by Crippen LogP contribution is 2.34. The molecule has 7 rings (SSSR count). The van der Waals surface area contributed by atoms with Crippen molar-refractivity contribution in [3.05, 3.63) is 105 Å². The summed E-state index contributed by atoms with van der Waals surface area (Å²) >= 11 is 12.7. The molecule has 10 heteroatoms. The summed E-state index contributed by atoms with van der Waals surface area (Å²) < 4.78 is 7.83. The second kappa shape index (κ2) is 11.5.